The van der Waals surface area contributed by atoms with Crippen LogP contribution in [0.3, 0.4) is 0 Å². The first-order valence-corrected chi connectivity index (χ1v) is 5.78. The SMILES string of the molecule is CC(C(=O)O)C1CN(C(=O)CCOCC(F)F)C1. The quantitative estimate of drug-likeness (QED) is 0.693. The summed E-state index contributed by atoms with van der Waals surface area (Å²) < 4.78 is 28.1. The third-order valence-electron chi connectivity index (χ3n) is 3.06. The second-order valence-electron chi connectivity index (χ2n) is 4.40. The number of hydrogen-bond donors (Lipinski definition) is 1. The lowest BCUT2D eigenvalue weighted by Crippen LogP contribution is -2.53. The number of amides is 1. The molecule has 1 heterocycles. The van der Waals surface area contributed by atoms with Gasteiger partial charge in [-0.2, -0.15) is 0 Å². The lowest BCUT2D eigenvalue weighted by atomic mass is 9.87. The van der Waals surface area contributed by atoms with Crippen LogP contribution in [-0.4, -0.2) is 54.6 Å². The molecule has 1 fully saturated rings. The Morgan fingerprint density at radius 1 is 1.44 bits per heavy atom. The number of alkyl halides is 2. The highest BCUT2D eigenvalue weighted by Gasteiger charge is 2.36. The maximum absolute atomic E-state index is 11.7. The van der Waals surface area contributed by atoms with Crippen molar-refractivity contribution in [3.63, 3.8) is 0 Å². The highest BCUT2D eigenvalue weighted by Crippen LogP contribution is 2.24. The first kappa shape index (κ1) is 14.8. The molecule has 1 rings (SSSR count). The molecule has 0 aromatic carbocycles. The molecule has 1 saturated heterocycles. The summed E-state index contributed by atoms with van der Waals surface area (Å²) in [5, 5.41) is 8.77. The van der Waals surface area contributed by atoms with E-state index in [4.69, 9.17) is 5.11 Å². The molecule has 0 bridgehead atoms. The van der Waals surface area contributed by atoms with Gasteiger partial charge < -0.3 is 14.7 Å². The van der Waals surface area contributed by atoms with Crippen molar-refractivity contribution < 1.29 is 28.2 Å². The van der Waals surface area contributed by atoms with Gasteiger partial charge in [-0.25, -0.2) is 8.78 Å². The van der Waals surface area contributed by atoms with Crippen LogP contribution in [0.15, 0.2) is 0 Å². The summed E-state index contributed by atoms with van der Waals surface area (Å²) in [5.41, 5.74) is 0. The number of carbonyl (C=O) groups excluding carboxylic acids is 1. The van der Waals surface area contributed by atoms with Crippen LogP contribution in [0.1, 0.15) is 13.3 Å². The molecule has 0 aliphatic carbocycles. The first-order valence-electron chi connectivity index (χ1n) is 5.78. The summed E-state index contributed by atoms with van der Waals surface area (Å²) in [4.78, 5) is 23.7. The van der Waals surface area contributed by atoms with Crippen LogP contribution >= 0.6 is 0 Å². The van der Waals surface area contributed by atoms with Gasteiger partial charge in [0, 0.05) is 19.0 Å². The molecule has 0 spiro atoms. The molecular formula is C11H17F2NO4. The number of nitrogens with zero attached hydrogens (tertiary/aromatic N) is 1. The molecule has 1 N–H and O–H groups in total. The predicted octanol–water partition coefficient (Wildman–Crippen LogP) is 0.837. The van der Waals surface area contributed by atoms with Gasteiger partial charge in [-0.05, 0) is 0 Å². The standard InChI is InChI=1S/C11H17F2NO4/c1-7(11(16)17)8-4-14(5-8)10(15)2-3-18-6-9(12)13/h7-9H,2-6H2,1H3,(H,16,17). The van der Waals surface area contributed by atoms with Crippen molar-refractivity contribution in [1.29, 1.82) is 0 Å². The number of hydrogen-bond acceptors (Lipinski definition) is 3. The Balaban J connectivity index is 2.13. The van der Waals surface area contributed by atoms with Crippen LogP contribution in [0.25, 0.3) is 0 Å². The van der Waals surface area contributed by atoms with Gasteiger partial charge in [-0.3, -0.25) is 9.59 Å². The third-order valence-corrected chi connectivity index (χ3v) is 3.06. The molecule has 7 heteroatoms. The van der Waals surface area contributed by atoms with Gasteiger partial charge in [0.05, 0.1) is 18.9 Å². The van der Waals surface area contributed by atoms with Gasteiger partial charge in [0.1, 0.15) is 6.61 Å². The van der Waals surface area contributed by atoms with E-state index in [0.29, 0.717) is 13.1 Å². The van der Waals surface area contributed by atoms with Crippen LogP contribution in [0.5, 0.6) is 0 Å². The van der Waals surface area contributed by atoms with Crippen LogP contribution in [0.2, 0.25) is 0 Å². The molecule has 1 amide bonds. The fourth-order valence-electron chi connectivity index (χ4n) is 1.72. The second-order valence-corrected chi connectivity index (χ2v) is 4.40. The Morgan fingerprint density at radius 2 is 2.06 bits per heavy atom. The van der Waals surface area contributed by atoms with Crippen LogP contribution < -0.4 is 0 Å². The van der Waals surface area contributed by atoms with Crippen LogP contribution in [0.4, 0.5) is 8.78 Å². The van der Waals surface area contributed by atoms with Crippen molar-refractivity contribution in [3.05, 3.63) is 0 Å². The zero-order chi connectivity index (χ0) is 13.7. The largest absolute Gasteiger partial charge is 0.481 e. The molecule has 0 aromatic heterocycles. The molecule has 1 aliphatic rings. The van der Waals surface area contributed by atoms with E-state index < -0.39 is 24.9 Å². The molecular weight excluding hydrogens is 248 g/mol. The summed E-state index contributed by atoms with van der Waals surface area (Å²) in [6.07, 6.45) is -2.47. The zero-order valence-corrected chi connectivity index (χ0v) is 10.1. The maximum atomic E-state index is 11.7. The molecule has 0 aromatic rings. The average molecular weight is 265 g/mol. The zero-order valence-electron chi connectivity index (χ0n) is 10.1. The lowest BCUT2D eigenvalue weighted by molar-refractivity contribution is -0.151. The van der Waals surface area contributed by atoms with Crippen molar-refractivity contribution in [1.82, 2.24) is 4.90 Å². The van der Waals surface area contributed by atoms with Gasteiger partial charge in [0.2, 0.25) is 5.91 Å². The molecule has 1 atom stereocenters. The van der Waals surface area contributed by atoms with Crippen molar-refractivity contribution >= 4 is 11.9 Å². The summed E-state index contributed by atoms with van der Waals surface area (Å²) in [5.74, 6) is -1.54. The van der Waals surface area contributed by atoms with E-state index in [1.54, 1.807) is 6.92 Å². The first-order chi connectivity index (χ1) is 8.41. The number of carboxylic acid groups (broad SMARTS) is 1. The Bertz CT molecular complexity index is 305. The summed E-state index contributed by atoms with van der Waals surface area (Å²) in [7, 11) is 0. The number of ether oxygens (including phenoxy) is 1. The molecule has 1 unspecified atom stereocenters. The molecule has 0 radical (unpaired) electrons. The number of likely N-dealkylation sites (tertiary alicyclic amines) is 1. The predicted molar refractivity (Wildman–Crippen MR) is 58.3 cm³/mol. The molecule has 0 saturated carbocycles. The van der Waals surface area contributed by atoms with Gasteiger partial charge in [-0.1, -0.05) is 6.92 Å². The Morgan fingerprint density at radius 3 is 2.56 bits per heavy atom. The third kappa shape index (κ3) is 4.21. The molecule has 5 nitrogen and oxygen atoms in total. The average Bonchev–Trinajstić information content (AvgIpc) is 2.21. The number of rotatable bonds is 7. The minimum Gasteiger partial charge on any atom is -0.481 e. The smallest absolute Gasteiger partial charge is 0.306 e. The van der Waals surface area contributed by atoms with Crippen LogP contribution in [-0.2, 0) is 14.3 Å². The van der Waals surface area contributed by atoms with Crippen molar-refractivity contribution in [2.45, 2.75) is 19.8 Å². The highest BCUT2D eigenvalue weighted by molar-refractivity contribution is 5.78. The van der Waals surface area contributed by atoms with Crippen molar-refractivity contribution in [2.75, 3.05) is 26.3 Å². The fourth-order valence-corrected chi connectivity index (χ4v) is 1.72. The fraction of sp³-hybridized carbons (Fsp3) is 0.818. The van der Waals surface area contributed by atoms with E-state index >= 15 is 0 Å². The highest BCUT2D eigenvalue weighted by atomic mass is 19.3. The molecule has 104 valence electrons. The van der Waals surface area contributed by atoms with Crippen LogP contribution in [0, 0.1) is 11.8 Å². The van der Waals surface area contributed by atoms with Gasteiger partial charge in [-0.15, -0.1) is 0 Å². The van der Waals surface area contributed by atoms with Gasteiger partial charge in [0.25, 0.3) is 6.43 Å². The van der Waals surface area contributed by atoms with E-state index in [1.807, 2.05) is 0 Å². The summed E-state index contributed by atoms with van der Waals surface area (Å²) in [6, 6.07) is 0. The second kappa shape index (κ2) is 6.63. The van der Waals surface area contributed by atoms with E-state index in [1.165, 1.54) is 4.90 Å². The van der Waals surface area contributed by atoms with E-state index in [-0.39, 0.29) is 24.9 Å². The van der Waals surface area contributed by atoms with Crippen molar-refractivity contribution in [2.24, 2.45) is 11.8 Å². The number of carboxylic acids is 1. The van der Waals surface area contributed by atoms with Gasteiger partial charge in [0.15, 0.2) is 0 Å². The summed E-state index contributed by atoms with van der Waals surface area (Å²) in [6.45, 7) is 1.76. The Hall–Kier alpha value is -1.24. The van der Waals surface area contributed by atoms with Crippen molar-refractivity contribution in [3.8, 4) is 0 Å². The Kier molecular flexibility index (Phi) is 5.46. The minimum absolute atomic E-state index is 0.0200. The van der Waals surface area contributed by atoms with E-state index in [2.05, 4.69) is 4.74 Å². The Labute approximate surface area is 104 Å². The monoisotopic (exact) mass is 265 g/mol. The van der Waals surface area contributed by atoms with E-state index in [9.17, 15) is 18.4 Å². The topological polar surface area (TPSA) is 66.8 Å². The maximum Gasteiger partial charge on any atom is 0.306 e. The normalized spacial score (nSPS) is 17.7. The molecule has 1 aliphatic heterocycles. The minimum atomic E-state index is -2.52. The van der Waals surface area contributed by atoms with E-state index in [0.717, 1.165) is 0 Å². The lowest BCUT2D eigenvalue weighted by Gasteiger charge is -2.41. The van der Waals surface area contributed by atoms with Gasteiger partial charge >= 0.3 is 5.97 Å². The summed E-state index contributed by atoms with van der Waals surface area (Å²) >= 11 is 0. The molecule has 18 heavy (non-hydrogen) atoms. The number of halogens is 2. The number of aliphatic carboxylic acids is 1. The number of carbonyl (C=O) groups is 2.